The van der Waals surface area contributed by atoms with Crippen LogP contribution in [0.15, 0.2) is 48.5 Å². The smallest absolute Gasteiger partial charge is 0.338 e. The normalized spacial score (nSPS) is 13.8. The molecule has 1 amide bonds. The van der Waals surface area contributed by atoms with E-state index in [1.54, 1.807) is 24.0 Å². The summed E-state index contributed by atoms with van der Waals surface area (Å²) in [5.74, 6) is -0.433. The second-order valence-electron chi connectivity index (χ2n) is 7.62. The van der Waals surface area contributed by atoms with Gasteiger partial charge in [0.2, 0.25) is 0 Å². The lowest BCUT2D eigenvalue weighted by molar-refractivity contribution is -0.151. The van der Waals surface area contributed by atoms with Gasteiger partial charge >= 0.3 is 11.9 Å². The molecule has 0 unspecified atom stereocenters. The molecule has 2 aromatic carbocycles. The largest absolute Gasteiger partial charge is 0.493 e. The van der Waals surface area contributed by atoms with Gasteiger partial charge in [-0.2, -0.15) is 0 Å². The number of carbonyl (C=O) groups excluding carboxylic acids is 3. The quantitative estimate of drug-likeness (QED) is 0.536. The Morgan fingerprint density at radius 1 is 0.970 bits per heavy atom. The van der Waals surface area contributed by atoms with Crippen molar-refractivity contribution >= 4 is 17.8 Å². The van der Waals surface area contributed by atoms with Crippen LogP contribution >= 0.6 is 0 Å². The van der Waals surface area contributed by atoms with Crippen LogP contribution in [0.5, 0.6) is 11.5 Å². The number of ether oxygens (including phenoxy) is 4. The van der Waals surface area contributed by atoms with Gasteiger partial charge < -0.3 is 23.8 Å². The summed E-state index contributed by atoms with van der Waals surface area (Å²) < 4.78 is 21.4. The van der Waals surface area contributed by atoms with Crippen LogP contribution in [0.2, 0.25) is 0 Å². The molecule has 1 aliphatic rings. The highest BCUT2D eigenvalue weighted by molar-refractivity contribution is 5.92. The molecule has 0 atom stereocenters. The van der Waals surface area contributed by atoms with Crippen LogP contribution in [-0.4, -0.2) is 56.2 Å². The average molecular weight is 456 g/mol. The molecule has 0 bridgehead atoms. The first-order valence-electron chi connectivity index (χ1n) is 11.0. The minimum Gasteiger partial charge on any atom is -0.493 e. The van der Waals surface area contributed by atoms with Crippen LogP contribution in [-0.2, 0) is 25.7 Å². The molecule has 0 aromatic heterocycles. The molecule has 2 aromatic rings. The summed E-state index contributed by atoms with van der Waals surface area (Å²) in [6.07, 6.45) is 1.08. The zero-order chi connectivity index (χ0) is 23.6. The molecule has 0 aliphatic carbocycles. The van der Waals surface area contributed by atoms with Crippen molar-refractivity contribution in [1.29, 1.82) is 0 Å². The highest BCUT2D eigenvalue weighted by Gasteiger charge is 2.28. The molecule has 1 fully saturated rings. The van der Waals surface area contributed by atoms with Crippen molar-refractivity contribution in [3.8, 4) is 11.5 Å². The zero-order valence-electron chi connectivity index (χ0n) is 19.0. The number of benzene rings is 2. The number of hydrogen-bond donors (Lipinski definition) is 0. The van der Waals surface area contributed by atoms with Crippen LogP contribution in [0, 0.1) is 5.92 Å². The fraction of sp³-hybridized carbons (Fsp3) is 0.400. The van der Waals surface area contributed by atoms with Gasteiger partial charge in [0.15, 0.2) is 18.1 Å². The van der Waals surface area contributed by atoms with E-state index in [1.165, 1.54) is 13.2 Å². The molecule has 176 valence electrons. The first-order valence-corrected chi connectivity index (χ1v) is 11.0. The van der Waals surface area contributed by atoms with E-state index in [0.29, 0.717) is 50.6 Å². The predicted molar refractivity (Wildman–Crippen MR) is 120 cm³/mol. The van der Waals surface area contributed by atoms with Gasteiger partial charge in [-0.15, -0.1) is 0 Å². The fourth-order valence-electron chi connectivity index (χ4n) is 3.58. The topological polar surface area (TPSA) is 91.4 Å². The Hall–Kier alpha value is -3.55. The summed E-state index contributed by atoms with van der Waals surface area (Å²) >= 11 is 0. The van der Waals surface area contributed by atoms with E-state index in [4.69, 9.17) is 18.9 Å². The van der Waals surface area contributed by atoms with Crippen molar-refractivity contribution in [3.05, 3.63) is 59.7 Å². The minimum absolute atomic E-state index is 0.188. The first-order chi connectivity index (χ1) is 16.0. The van der Waals surface area contributed by atoms with E-state index in [1.807, 2.05) is 30.3 Å². The van der Waals surface area contributed by atoms with Gasteiger partial charge in [0, 0.05) is 13.1 Å². The van der Waals surface area contributed by atoms with Gasteiger partial charge in [0.25, 0.3) is 5.91 Å². The summed E-state index contributed by atoms with van der Waals surface area (Å²) in [6.45, 7) is 2.98. The number of rotatable bonds is 9. The highest BCUT2D eigenvalue weighted by atomic mass is 16.5. The van der Waals surface area contributed by atoms with Gasteiger partial charge in [-0.1, -0.05) is 30.3 Å². The number of esters is 2. The van der Waals surface area contributed by atoms with Crippen molar-refractivity contribution in [1.82, 2.24) is 4.90 Å². The SMILES string of the molecule is CCOC(=O)C1CCN(C(=O)COC(=O)c2ccc(OCc3ccccc3)c(OC)c2)CC1. The molecule has 0 radical (unpaired) electrons. The molecule has 3 rings (SSSR count). The van der Waals surface area contributed by atoms with Crippen LogP contribution in [0.1, 0.15) is 35.7 Å². The number of nitrogens with zero attached hydrogens (tertiary/aromatic N) is 1. The number of hydrogen-bond acceptors (Lipinski definition) is 7. The molecule has 0 saturated carbocycles. The Balaban J connectivity index is 1.49. The molecule has 33 heavy (non-hydrogen) atoms. The van der Waals surface area contributed by atoms with Crippen LogP contribution in [0.4, 0.5) is 0 Å². The van der Waals surface area contributed by atoms with Crippen molar-refractivity contribution in [2.75, 3.05) is 33.4 Å². The van der Waals surface area contributed by atoms with E-state index >= 15 is 0 Å². The lowest BCUT2D eigenvalue weighted by Gasteiger charge is -2.30. The van der Waals surface area contributed by atoms with Crippen molar-refractivity contribution in [2.45, 2.75) is 26.4 Å². The van der Waals surface area contributed by atoms with E-state index in [0.717, 1.165) is 5.56 Å². The third kappa shape index (κ3) is 6.71. The van der Waals surface area contributed by atoms with Crippen molar-refractivity contribution in [3.63, 3.8) is 0 Å². The second-order valence-corrected chi connectivity index (χ2v) is 7.62. The van der Waals surface area contributed by atoms with Gasteiger partial charge in [-0.25, -0.2) is 4.79 Å². The summed E-state index contributed by atoms with van der Waals surface area (Å²) in [4.78, 5) is 38.3. The third-order valence-corrected chi connectivity index (χ3v) is 5.43. The number of carbonyl (C=O) groups is 3. The third-order valence-electron chi connectivity index (χ3n) is 5.43. The summed E-state index contributed by atoms with van der Waals surface area (Å²) in [6, 6.07) is 14.4. The van der Waals surface area contributed by atoms with Gasteiger partial charge in [0.1, 0.15) is 6.61 Å². The predicted octanol–water partition coefficient (Wildman–Crippen LogP) is 3.23. The zero-order valence-corrected chi connectivity index (χ0v) is 19.0. The standard InChI is InChI=1S/C25H29NO7/c1-3-31-24(28)19-11-13-26(14-12-19)23(27)17-33-25(29)20-9-10-21(22(15-20)30-2)32-16-18-7-5-4-6-8-18/h4-10,15,19H,3,11-14,16-17H2,1-2H3. The summed E-state index contributed by atoms with van der Waals surface area (Å²) in [5.41, 5.74) is 1.26. The van der Waals surface area contributed by atoms with Crippen molar-refractivity contribution in [2.24, 2.45) is 5.92 Å². The number of piperidine rings is 1. The molecule has 1 heterocycles. The molecule has 0 spiro atoms. The minimum atomic E-state index is -0.627. The average Bonchev–Trinajstić information content (AvgIpc) is 2.86. The van der Waals surface area contributed by atoms with E-state index in [-0.39, 0.29) is 30.0 Å². The Kier molecular flexibility index (Phi) is 8.69. The van der Waals surface area contributed by atoms with E-state index in [9.17, 15) is 14.4 Å². The second kappa shape index (κ2) is 11.9. The molecule has 8 heteroatoms. The first kappa shape index (κ1) is 24.1. The van der Waals surface area contributed by atoms with E-state index in [2.05, 4.69) is 0 Å². The van der Waals surface area contributed by atoms with Crippen molar-refractivity contribution < 1.29 is 33.3 Å². The molecular weight excluding hydrogens is 426 g/mol. The molecule has 1 saturated heterocycles. The fourth-order valence-corrected chi connectivity index (χ4v) is 3.58. The maximum Gasteiger partial charge on any atom is 0.338 e. The molecule has 0 N–H and O–H groups in total. The van der Waals surface area contributed by atoms with E-state index < -0.39 is 5.97 Å². The van der Waals surface area contributed by atoms with Crippen LogP contribution in [0.3, 0.4) is 0 Å². The Labute approximate surface area is 193 Å². The Bertz CT molecular complexity index is 952. The Morgan fingerprint density at radius 3 is 2.36 bits per heavy atom. The molecule has 8 nitrogen and oxygen atoms in total. The molecular formula is C25H29NO7. The number of methoxy groups -OCH3 is 1. The number of likely N-dealkylation sites (tertiary alicyclic amines) is 1. The summed E-state index contributed by atoms with van der Waals surface area (Å²) in [5, 5.41) is 0. The van der Waals surface area contributed by atoms with Crippen LogP contribution in [0.25, 0.3) is 0 Å². The summed E-state index contributed by atoms with van der Waals surface area (Å²) in [7, 11) is 1.49. The number of amides is 1. The van der Waals surface area contributed by atoms with Gasteiger partial charge in [-0.05, 0) is 43.5 Å². The maximum atomic E-state index is 12.5. The van der Waals surface area contributed by atoms with Crippen LogP contribution < -0.4 is 9.47 Å². The molecule has 1 aliphatic heterocycles. The maximum absolute atomic E-state index is 12.5. The van der Waals surface area contributed by atoms with Gasteiger partial charge in [0.05, 0.1) is 25.2 Å². The monoisotopic (exact) mass is 455 g/mol. The lowest BCUT2D eigenvalue weighted by atomic mass is 9.97. The van der Waals surface area contributed by atoms with Gasteiger partial charge in [-0.3, -0.25) is 9.59 Å². The highest BCUT2D eigenvalue weighted by Crippen LogP contribution is 2.29. The Morgan fingerprint density at radius 2 is 1.70 bits per heavy atom. The lowest BCUT2D eigenvalue weighted by Crippen LogP contribution is -2.42.